The van der Waals surface area contributed by atoms with Crippen molar-refractivity contribution >= 4 is 17.6 Å². The van der Waals surface area contributed by atoms with E-state index in [0.717, 1.165) is 0 Å². The summed E-state index contributed by atoms with van der Waals surface area (Å²) in [6.07, 6.45) is 1.39. The number of hydrogen-bond acceptors (Lipinski definition) is 6. The molecule has 0 aromatic carbocycles. The van der Waals surface area contributed by atoms with E-state index in [2.05, 4.69) is 24.8 Å². The molecule has 2 aromatic rings. The second-order valence-corrected chi connectivity index (χ2v) is 4.84. The summed E-state index contributed by atoms with van der Waals surface area (Å²) in [5.41, 5.74) is 0.664. The monoisotopic (exact) mass is 295 g/mol. The molecule has 0 aliphatic heterocycles. The number of aromatic nitrogens is 5. The number of methoxy groups -OCH3 is 1. The fourth-order valence-corrected chi connectivity index (χ4v) is 1.70. The third-order valence-electron chi connectivity index (χ3n) is 2.67. The molecule has 8 heteroatoms. The summed E-state index contributed by atoms with van der Waals surface area (Å²) < 4.78 is 5.96. The largest absolute Gasteiger partial charge is 0.463 e. The number of carbonyl (C=O) groups is 1. The first-order valence-electron chi connectivity index (χ1n) is 5.98. The third kappa shape index (κ3) is 2.62. The Hall–Kier alpha value is -2.02. The Morgan fingerprint density at radius 3 is 2.70 bits per heavy atom. The standard InChI is InChI=1S/C12H14ClN5O2/c1-6(2)9-15-8(13)7(3)11(16-9)18-5-14-10(17-18)12(19)20-4/h5-6H,1-4H3. The molecule has 0 unspecified atom stereocenters. The first-order valence-corrected chi connectivity index (χ1v) is 6.36. The van der Waals surface area contributed by atoms with Gasteiger partial charge in [-0.3, -0.25) is 0 Å². The Morgan fingerprint density at radius 1 is 1.40 bits per heavy atom. The van der Waals surface area contributed by atoms with E-state index in [0.29, 0.717) is 22.4 Å². The Bertz CT molecular complexity index is 653. The molecule has 2 heterocycles. The normalized spacial score (nSPS) is 10.9. The summed E-state index contributed by atoms with van der Waals surface area (Å²) in [5.74, 6) is 0.580. The lowest BCUT2D eigenvalue weighted by Gasteiger charge is -2.10. The van der Waals surface area contributed by atoms with Crippen molar-refractivity contribution in [2.75, 3.05) is 7.11 Å². The average Bonchev–Trinajstić information content (AvgIpc) is 2.90. The van der Waals surface area contributed by atoms with Crippen LogP contribution in [0.4, 0.5) is 0 Å². The van der Waals surface area contributed by atoms with Crippen LogP contribution in [0.1, 0.15) is 41.8 Å². The zero-order valence-corrected chi connectivity index (χ0v) is 12.3. The first kappa shape index (κ1) is 14.4. The molecule has 0 saturated heterocycles. The van der Waals surface area contributed by atoms with Crippen LogP contribution >= 0.6 is 11.6 Å². The second kappa shape index (κ2) is 5.54. The molecule has 0 N–H and O–H groups in total. The van der Waals surface area contributed by atoms with Crippen LogP contribution in [-0.2, 0) is 4.74 Å². The van der Waals surface area contributed by atoms with Crippen LogP contribution in [0.5, 0.6) is 0 Å². The summed E-state index contributed by atoms with van der Waals surface area (Å²) in [6, 6.07) is 0. The first-order chi connectivity index (χ1) is 9.43. The Labute approximate surface area is 121 Å². The molecule has 7 nitrogen and oxygen atoms in total. The maximum absolute atomic E-state index is 11.4. The lowest BCUT2D eigenvalue weighted by Crippen LogP contribution is -2.10. The lowest BCUT2D eigenvalue weighted by molar-refractivity contribution is 0.0587. The van der Waals surface area contributed by atoms with E-state index in [9.17, 15) is 4.79 Å². The van der Waals surface area contributed by atoms with Gasteiger partial charge in [-0.2, -0.15) is 0 Å². The summed E-state index contributed by atoms with van der Waals surface area (Å²) in [4.78, 5) is 23.9. The van der Waals surface area contributed by atoms with Gasteiger partial charge in [-0.1, -0.05) is 25.4 Å². The number of rotatable bonds is 3. The number of esters is 1. The van der Waals surface area contributed by atoms with E-state index in [1.54, 1.807) is 6.92 Å². The smallest absolute Gasteiger partial charge is 0.377 e. The van der Waals surface area contributed by atoms with E-state index in [1.807, 2.05) is 13.8 Å². The van der Waals surface area contributed by atoms with E-state index in [-0.39, 0.29) is 11.7 Å². The van der Waals surface area contributed by atoms with Crippen LogP contribution < -0.4 is 0 Å². The van der Waals surface area contributed by atoms with Crippen molar-refractivity contribution in [3.63, 3.8) is 0 Å². The van der Waals surface area contributed by atoms with Crippen LogP contribution in [0.2, 0.25) is 5.15 Å². The summed E-state index contributed by atoms with van der Waals surface area (Å²) >= 11 is 6.11. The molecular formula is C12H14ClN5O2. The summed E-state index contributed by atoms with van der Waals surface area (Å²) in [5, 5.41) is 4.39. The van der Waals surface area contributed by atoms with Gasteiger partial charge in [0.05, 0.1) is 7.11 Å². The summed E-state index contributed by atoms with van der Waals surface area (Å²) in [7, 11) is 1.27. The second-order valence-electron chi connectivity index (χ2n) is 4.48. The molecule has 2 aromatic heterocycles. The minimum atomic E-state index is -0.606. The SMILES string of the molecule is COC(=O)c1ncn(-c2nc(C(C)C)nc(Cl)c2C)n1. The molecular weight excluding hydrogens is 282 g/mol. The zero-order chi connectivity index (χ0) is 14.9. The predicted octanol–water partition coefficient (Wildman–Crippen LogP) is 1.93. The van der Waals surface area contributed by atoms with Crippen molar-refractivity contribution in [3.8, 4) is 5.82 Å². The van der Waals surface area contributed by atoms with Crippen LogP contribution in [0, 0.1) is 6.92 Å². The highest BCUT2D eigenvalue weighted by Crippen LogP contribution is 2.21. The Morgan fingerprint density at radius 2 is 2.10 bits per heavy atom. The van der Waals surface area contributed by atoms with Gasteiger partial charge < -0.3 is 4.74 Å². The third-order valence-corrected chi connectivity index (χ3v) is 3.04. The van der Waals surface area contributed by atoms with Crippen LogP contribution in [-0.4, -0.2) is 37.8 Å². The van der Waals surface area contributed by atoms with Crippen molar-refractivity contribution in [1.82, 2.24) is 24.7 Å². The summed E-state index contributed by atoms with van der Waals surface area (Å²) in [6.45, 7) is 5.71. The van der Waals surface area contributed by atoms with Crippen LogP contribution in [0.25, 0.3) is 5.82 Å². The Kier molecular flexibility index (Phi) is 3.99. The number of hydrogen-bond donors (Lipinski definition) is 0. The molecule has 0 amide bonds. The highest BCUT2D eigenvalue weighted by atomic mass is 35.5. The van der Waals surface area contributed by atoms with Crippen molar-refractivity contribution < 1.29 is 9.53 Å². The maximum Gasteiger partial charge on any atom is 0.377 e. The maximum atomic E-state index is 11.4. The van der Waals surface area contributed by atoms with Gasteiger partial charge in [-0.05, 0) is 6.92 Å². The van der Waals surface area contributed by atoms with E-state index >= 15 is 0 Å². The fraction of sp³-hybridized carbons (Fsp3) is 0.417. The minimum absolute atomic E-state index is 0.0345. The topological polar surface area (TPSA) is 82.8 Å². The molecule has 2 rings (SSSR count). The van der Waals surface area contributed by atoms with Gasteiger partial charge in [-0.25, -0.2) is 24.4 Å². The highest BCUT2D eigenvalue weighted by Gasteiger charge is 2.17. The zero-order valence-electron chi connectivity index (χ0n) is 11.6. The lowest BCUT2D eigenvalue weighted by atomic mass is 10.2. The molecule has 0 saturated carbocycles. The van der Waals surface area contributed by atoms with Crippen molar-refractivity contribution in [1.29, 1.82) is 0 Å². The average molecular weight is 296 g/mol. The van der Waals surface area contributed by atoms with Crippen LogP contribution in [0.3, 0.4) is 0 Å². The van der Waals surface area contributed by atoms with Crippen molar-refractivity contribution in [2.45, 2.75) is 26.7 Å². The van der Waals surface area contributed by atoms with Gasteiger partial charge in [0, 0.05) is 11.5 Å². The van der Waals surface area contributed by atoms with Gasteiger partial charge in [-0.15, -0.1) is 5.10 Å². The van der Waals surface area contributed by atoms with Crippen molar-refractivity contribution in [2.24, 2.45) is 0 Å². The predicted molar refractivity (Wildman–Crippen MR) is 72.1 cm³/mol. The molecule has 0 radical (unpaired) electrons. The molecule has 0 atom stereocenters. The molecule has 0 aliphatic rings. The number of halogens is 1. The molecule has 0 aliphatic carbocycles. The molecule has 0 bridgehead atoms. The number of carbonyl (C=O) groups excluding carboxylic acids is 1. The van der Waals surface area contributed by atoms with Gasteiger partial charge in [0.15, 0.2) is 5.82 Å². The molecule has 20 heavy (non-hydrogen) atoms. The van der Waals surface area contributed by atoms with E-state index in [1.165, 1.54) is 18.1 Å². The molecule has 0 fully saturated rings. The minimum Gasteiger partial charge on any atom is -0.463 e. The van der Waals surface area contributed by atoms with Gasteiger partial charge >= 0.3 is 5.97 Å². The van der Waals surface area contributed by atoms with Gasteiger partial charge in [0.2, 0.25) is 0 Å². The quantitative estimate of drug-likeness (QED) is 0.635. The van der Waals surface area contributed by atoms with E-state index in [4.69, 9.17) is 11.6 Å². The molecule has 106 valence electrons. The number of nitrogens with zero attached hydrogens (tertiary/aromatic N) is 5. The fourth-order valence-electron chi connectivity index (χ4n) is 1.53. The van der Waals surface area contributed by atoms with Gasteiger partial charge in [0.25, 0.3) is 5.82 Å². The van der Waals surface area contributed by atoms with E-state index < -0.39 is 5.97 Å². The van der Waals surface area contributed by atoms with Gasteiger partial charge in [0.1, 0.15) is 17.3 Å². The highest BCUT2D eigenvalue weighted by molar-refractivity contribution is 6.30. The molecule has 0 spiro atoms. The Balaban J connectivity index is 2.51. The number of ether oxygens (including phenoxy) is 1. The van der Waals surface area contributed by atoms with Crippen LogP contribution in [0.15, 0.2) is 6.33 Å². The van der Waals surface area contributed by atoms with Crippen molar-refractivity contribution in [3.05, 3.63) is 28.7 Å².